The molecule has 0 N–H and O–H groups in total. The molecule has 0 spiro atoms. The summed E-state index contributed by atoms with van der Waals surface area (Å²) in [4.78, 5) is 40.2. The molecule has 11 heteroatoms. The average molecular weight is 489 g/mol. The third-order valence-electron chi connectivity index (χ3n) is 4.97. The first-order valence-electron chi connectivity index (χ1n) is 10.0. The second-order valence-corrected chi connectivity index (χ2v) is 9.69. The first-order valence-corrected chi connectivity index (χ1v) is 12.3. The van der Waals surface area contributed by atoms with Gasteiger partial charge in [0.15, 0.2) is 0 Å². The van der Waals surface area contributed by atoms with Crippen LogP contribution in [0.1, 0.15) is 5.56 Å². The number of benzene rings is 2. The molecule has 3 amide bonds. The molecule has 2 aliphatic heterocycles. The fourth-order valence-corrected chi connectivity index (χ4v) is 5.06. The highest BCUT2D eigenvalue weighted by molar-refractivity contribution is 8.18. The van der Waals surface area contributed by atoms with Crippen LogP contribution >= 0.6 is 11.8 Å². The summed E-state index contributed by atoms with van der Waals surface area (Å²) in [5, 5.41) is -0.567. The van der Waals surface area contributed by atoms with E-state index in [0.717, 1.165) is 4.90 Å². The number of para-hydroxylation sites is 1. The Balaban J connectivity index is 1.53. The first-order chi connectivity index (χ1) is 15.8. The van der Waals surface area contributed by atoms with Crippen molar-refractivity contribution in [3.8, 4) is 5.75 Å². The Hall–Kier alpha value is -3.15. The number of hydrogen-bond acceptors (Lipinski definition) is 8. The summed E-state index contributed by atoms with van der Waals surface area (Å²) in [6, 6.07) is 13.9. The molecule has 4 rings (SSSR count). The monoisotopic (exact) mass is 488 g/mol. The molecule has 33 heavy (non-hydrogen) atoms. The Labute approximate surface area is 195 Å². The minimum Gasteiger partial charge on any atom is -0.378 e. The summed E-state index contributed by atoms with van der Waals surface area (Å²) in [6.07, 6.45) is 1.39. The van der Waals surface area contributed by atoms with E-state index in [-0.39, 0.29) is 28.0 Å². The molecule has 0 bridgehead atoms. The zero-order valence-electron chi connectivity index (χ0n) is 17.4. The SMILES string of the molecule is O=C(CN1C(=O)S/C(=C\c2ccccc2OS(=O)(=O)c2ccccc2)C1=O)N1CCOCC1. The van der Waals surface area contributed by atoms with Crippen LogP contribution in [0.5, 0.6) is 5.75 Å². The molecular weight excluding hydrogens is 468 g/mol. The standard InChI is InChI=1S/C22H20N2O7S2/c25-20(23-10-12-30-13-11-23)15-24-21(26)19(32-22(24)27)14-16-6-4-5-9-18(16)31-33(28,29)17-7-2-1-3-8-17/h1-9,14H,10-13,15H2/b19-14-. The van der Waals surface area contributed by atoms with Gasteiger partial charge in [-0.15, -0.1) is 0 Å². The minimum absolute atomic E-state index is 0.0116. The zero-order valence-corrected chi connectivity index (χ0v) is 19.0. The second kappa shape index (κ2) is 9.77. The van der Waals surface area contributed by atoms with Crippen molar-refractivity contribution < 1.29 is 31.7 Å². The molecule has 2 heterocycles. The van der Waals surface area contributed by atoms with Gasteiger partial charge in [0.25, 0.3) is 11.1 Å². The highest BCUT2D eigenvalue weighted by Gasteiger charge is 2.37. The van der Waals surface area contributed by atoms with Crippen molar-refractivity contribution in [2.24, 2.45) is 0 Å². The van der Waals surface area contributed by atoms with Crippen molar-refractivity contribution in [1.82, 2.24) is 9.80 Å². The molecule has 0 aromatic heterocycles. The zero-order chi connectivity index (χ0) is 23.4. The fraction of sp³-hybridized carbons (Fsp3) is 0.227. The molecule has 0 saturated carbocycles. The predicted octanol–water partition coefficient (Wildman–Crippen LogP) is 2.35. The summed E-state index contributed by atoms with van der Waals surface area (Å²) in [5.74, 6) is -0.940. The normalized spacial score (nSPS) is 18.1. The van der Waals surface area contributed by atoms with Crippen molar-refractivity contribution in [3.63, 3.8) is 0 Å². The Morgan fingerprint density at radius 3 is 2.42 bits per heavy atom. The van der Waals surface area contributed by atoms with E-state index in [1.807, 2.05) is 0 Å². The summed E-state index contributed by atoms with van der Waals surface area (Å²) in [7, 11) is -4.09. The maximum absolute atomic E-state index is 12.8. The summed E-state index contributed by atoms with van der Waals surface area (Å²) >= 11 is 0.686. The number of hydrogen-bond donors (Lipinski definition) is 0. The quantitative estimate of drug-likeness (QED) is 0.450. The lowest BCUT2D eigenvalue weighted by Gasteiger charge is -2.28. The van der Waals surface area contributed by atoms with Gasteiger partial charge >= 0.3 is 10.1 Å². The molecule has 172 valence electrons. The fourth-order valence-electron chi connectivity index (χ4n) is 3.25. The lowest BCUT2D eigenvalue weighted by atomic mass is 10.2. The van der Waals surface area contributed by atoms with Gasteiger partial charge in [-0.05, 0) is 36.0 Å². The van der Waals surface area contributed by atoms with Crippen molar-refractivity contribution in [1.29, 1.82) is 0 Å². The number of imide groups is 1. The van der Waals surface area contributed by atoms with Gasteiger partial charge in [0.05, 0.1) is 18.1 Å². The number of carbonyl (C=O) groups is 3. The van der Waals surface area contributed by atoms with Gasteiger partial charge in [0.2, 0.25) is 5.91 Å². The van der Waals surface area contributed by atoms with Crippen LogP contribution in [0.25, 0.3) is 6.08 Å². The number of thioether (sulfide) groups is 1. The third kappa shape index (κ3) is 5.27. The lowest BCUT2D eigenvalue weighted by molar-refractivity contribution is -0.139. The van der Waals surface area contributed by atoms with Crippen LogP contribution in [0.2, 0.25) is 0 Å². The van der Waals surface area contributed by atoms with Crippen molar-refractivity contribution in [3.05, 3.63) is 65.1 Å². The predicted molar refractivity (Wildman–Crippen MR) is 121 cm³/mol. The van der Waals surface area contributed by atoms with Crippen LogP contribution in [-0.2, 0) is 24.4 Å². The molecular formula is C22H20N2O7S2. The second-order valence-electron chi connectivity index (χ2n) is 7.15. The van der Waals surface area contributed by atoms with E-state index in [1.54, 1.807) is 41.3 Å². The van der Waals surface area contributed by atoms with Crippen molar-refractivity contribution in [2.45, 2.75) is 4.90 Å². The van der Waals surface area contributed by atoms with Gasteiger partial charge in [-0.25, -0.2) is 0 Å². The van der Waals surface area contributed by atoms with E-state index < -0.39 is 21.3 Å². The maximum Gasteiger partial charge on any atom is 0.339 e. The third-order valence-corrected chi connectivity index (χ3v) is 7.12. The Bertz CT molecular complexity index is 1210. The van der Waals surface area contributed by atoms with Gasteiger partial charge < -0.3 is 13.8 Å². The largest absolute Gasteiger partial charge is 0.378 e. The molecule has 0 radical (unpaired) electrons. The van der Waals surface area contributed by atoms with Gasteiger partial charge in [-0.1, -0.05) is 36.4 Å². The van der Waals surface area contributed by atoms with E-state index in [0.29, 0.717) is 43.6 Å². The number of nitrogens with zero attached hydrogens (tertiary/aromatic N) is 2. The lowest BCUT2D eigenvalue weighted by Crippen LogP contribution is -2.46. The topological polar surface area (TPSA) is 110 Å². The molecule has 0 unspecified atom stereocenters. The number of rotatable bonds is 6. The minimum atomic E-state index is -4.09. The highest BCUT2D eigenvalue weighted by Crippen LogP contribution is 2.34. The smallest absolute Gasteiger partial charge is 0.339 e. The highest BCUT2D eigenvalue weighted by atomic mass is 32.2. The molecule has 9 nitrogen and oxygen atoms in total. The molecule has 0 atom stereocenters. The van der Waals surface area contributed by atoms with Crippen LogP contribution in [0, 0.1) is 0 Å². The number of ether oxygens (including phenoxy) is 1. The van der Waals surface area contributed by atoms with E-state index in [2.05, 4.69) is 0 Å². The maximum atomic E-state index is 12.8. The molecule has 2 saturated heterocycles. The van der Waals surface area contributed by atoms with Gasteiger partial charge in [0.1, 0.15) is 17.2 Å². The summed E-state index contributed by atoms with van der Waals surface area (Å²) in [5.41, 5.74) is 0.307. The van der Waals surface area contributed by atoms with Crippen LogP contribution in [0.3, 0.4) is 0 Å². The number of amides is 3. The van der Waals surface area contributed by atoms with Crippen molar-refractivity contribution in [2.75, 3.05) is 32.8 Å². The van der Waals surface area contributed by atoms with E-state index in [9.17, 15) is 22.8 Å². The Kier molecular flexibility index (Phi) is 6.82. The van der Waals surface area contributed by atoms with E-state index >= 15 is 0 Å². The Morgan fingerprint density at radius 2 is 1.70 bits per heavy atom. The van der Waals surface area contributed by atoms with Gasteiger partial charge in [0, 0.05) is 18.7 Å². The Morgan fingerprint density at radius 1 is 1.03 bits per heavy atom. The van der Waals surface area contributed by atoms with E-state index in [1.165, 1.54) is 24.3 Å². The number of carbonyl (C=O) groups excluding carboxylic acids is 3. The van der Waals surface area contributed by atoms with Crippen LogP contribution in [0.4, 0.5) is 4.79 Å². The molecule has 2 aliphatic rings. The molecule has 2 aromatic carbocycles. The van der Waals surface area contributed by atoms with Crippen LogP contribution < -0.4 is 4.18 Å². The molecule has 0 aliphatic carbocycles. The van der Waals surface area contributed by atoms with Crippen molar-refractivity contribution >= 4 is 45.0 Å². The van der Waals surface area contributed by atoms with Crippen LogP contribution in [0.15, 0.2) is 64.4 Å². The summed E-state index contributed by atoms with van der Waals surface area (Å²) in [6.45, 7) is 1.28. The van der Waals surface area contributed by atoms with Crippen LogP contribution in [-0.4, -0.2) is 68.1 Å². The average Bonchev–Trinajstić information content (AvgIpc) is 3.08. The molecule has 2 fully saturated rings. The molecule has 2 aromatic rings. The van der Waals surface area contributed by atoms with E-state index in [4.69, 9.17) is 8.92 Å². The first kappa shape index (κ1) is 23.0. The summed E-state index contributed by atoms with van der Waals surface area (Å²) < 4.78 is 35.7. The number of morpholine rings is 1. The van der Waals surface area contributed by atoms with Gasteiger partial charge in [-0.2, -0.15) is 8.42 Å². The van der Waals surface area contributed by atoms with Gasteiger partial charge in [-0.3, -0.25) is 19.3 Å².